The van der Waals surface area contributed by atoms with Crippen molar-refractivity contribution in [2.45, 2.75) is 26.2 Å². The van der Waals surface area contributed by atoms with Gasteiger partial charge in [-0.1, -0.05) is 31.2 Å². The summed E-state index contributed by atoms with van der Waals surface area (Å²) >= 11 is 0. The minimum Gasteiger partial charge on any atom is -0.0745 e. The predicted molar refractivity (Wildman–Crippen MR) is 43.7 cm³/mol. The quantitative estimate of drug-likeness (QED) is 0.478. The lowest BCUT2D eigenvalue weighted by molar-refractivity contribution is 0.490. The van der Waals surface area contributed by atoms with Crippen molar-refractivity contribution < 1.29 is 0 Å². The Morgan fingerprint density at radius 3 is 2.50 bits per heavy atom. The Morgan fingerprint density at radius 1 is 1.30 bits per heavy atom. The maximum atomic E-state index is 2.37. The Bertz CT molecular complexity index is 174. The van der Waals surface area contributed by atoms with Crippen molar-refractivity contribution in [1.82, 2.24) is 0 Å². The van der Waals surface area contributed by atoms with Crippen LogP contribution in [-0.2, 0) is 0 Å². The number of hydrogen-bond donors (Lipinski definition) is 0. The summed E-state index contributed by atoms with van der Waals surface area (Å²) in [6, 6.07) is 0. The molecular weight excluding hydrogens is 120 g/mol. The van der Waals surface area contributed by atoms with Gasteiger partial charge in [0.1, 0.15) is 0 Å². The summed E-state index contributed by atoms with van der Waals surface area (Å²) < 4.78 is 0. The van der Waals surface area contributed by atoms with Crippen LogP contribution in [0.15, 0.2) is 24.3 Å². The normalized spacial score (nSPS) is 34.3. The topological polar surface area (TPSA) is 0 Å². The van der Waals surface area contributed by atoms with Crippen LogP contribution in [0.1, 0.15) is 26.2 Å². The zero-order valence-corrected chi connectivity index (χ0v) is 6.51. The smallest absolute Gasteiger partial charge is 0.00698 e. The van der Waals surface area contributed by atoms with Crippen LogP contribution in [0.5, 0.6) is 0 Å². The summed E-state index contributed by atoms with van der Waals surface area (Å²) in [7, 11) is 0. The molecule has 1 saturated carbocycles. The average Bonchev–Trinajstić information content (AvgIpc) is 2.46. The molecule has 0 amide bonds. The molecule has 1 unspecified atom stereocenters. The molecule has 1 atom stereocenters. The third-order valence-electron chi connectivity index (χ3n) is 2.80. The maximum absolute atomic E-state index is 2.37. The molecule has 10 heavy (non-hydrogen) atoms. The summed E-state index contributed by atoms with van der Waals surface area (Å²) in [5.74, 6) is 0.937. The third-order valence-corrected chi connectivity index (χ3v) is 2.80. The van der Waals surface area contributed by atoms with E-state index in [1.54, 1.807) is 0 Å². The molecule has 54 valence electrons. The first-order valence-electron chi connectivity index (χ1n) is 4.18. The molecule has 0 nitrogen and oxygen atoms in total. The van der Waals surface area contributed by atoms with E-state index in [0.717, 1.165) is 5.92 Å². The first kappa shape index (κ1) is 6.21. The minimum atomic E-state index is 0.499. The van der Waals surface area contributed by atoms with Gasteiger partial charge in [-0.15, -0.1) is 0 Å². The maximum Gasteiger partial charge on any atom is 0.00698 e. The summed E-state index contributed by atoms with van der Waals surface area (Å²) in [6.07, 6.45) is 13.3. The Hall–Kier alpha value is -0.520. The van der Waals surface area contributed by atoms with Crippen LogP contribution in [0.25, 0.3) is 0 Å². The van der Waals surface area contributed by atoms with E-state index in [1.807, 2.05) is 0 Å². The van der Waals surface area contributed by atoms with Gasteiger partial charge in [-0.05, 0) is 25.2 Å². The van der Waals surface area contributed by atoms with Crippen LogP contribution in [0.3, 0.4) is 0 Å². The second-order valence-electron chi connectivity index (χ2n) is 3.80. The van der Waals surface area contributed by atoms with Crippen LogP contribution in [-0.4, -0.2) is 0 Å². The number of rotatable bonds is 0. The van der Waals surface area contributed by atoms with Gasteiger partial charge in [-0.3, -0.25) is 0 Å². The Balaban J connectivity index is 2.18. The van der Waals surface area contributed by atoms with Crippen molar-refractivity contribution in [3.05, 3.63) is 24.3 Å². The zero-order chi connectivity index (χ0) is 7.03. The lowest BCUT2D eigenvalue weighted by Gasteiger charge is -2.16. The monoisotopic (exact) mass is 134 g/mol. The molecule has 1 fully saturated rings. The SMILES string of the molecule is CC1CCC2(C=CC=C2)C1. The lowest BCUT2D eigenvalue weighted by Crippen LogP contribution is -2.06. The van der Waals surface area contributed by atoms with E-state index < -0.39 is 0 Å². The van der Waals surface area contributed by atoms with Crippen molar-refractivity contribution in [2.75, 3.05) is 0 Å². The predicted octanol–water partition coefficient (Wildman–Crippen LogP) is 2.92. The molecule has 0 radical (unpaired) electrons. The standard InChI is InChI=1S/C10H14/c1-9-4-7-10(8-9)5-2-3-6-10/h2-3,5-6,9H,4,7-8H2,1H3. The minimum absolute atomic E-state index is 0.499. The van der Waals surface area contributed by atoms with Crippen molar-refractivity contribution in [2.24, 2.45) is 11.3 Å². The van der Waals surface area contributed by atoms with E-state index in [-0.39, 0.29) is 0 Å². The van der Waals surface area contributed by atoms with E-state index in [4.69, 9.17) is 0 Å². The molecule has 0 aromatic heterocycles. The summed E-state index contributed by atoms with van der Waals surface area (Å²) in [4.78, 5) is 0. The summed E-state index contributed by atoms with van der Waals surface area (Å²) in [5.41, 5.74) is 0.499. The highest BCUT2D eigenvalue weighted by atomic mass is 14.4. The van der Waals surface area contributed by atoms with Crippen LogP contribution in [0, 0.1) is 11.3 Å². The second-order valence-corrected chi connectivity index (χ2v) is 3.80. The molecule has 2 aliphatic rings. The molecule has 0 heterocycles. The Kier molecular flexibility index (Phi) is 1.23. The molecule has 0 bridgehead atoms. The number of allylic oxidation sites excluding steroid dienone is 4. The van der Waals surface area contributed by atoms with E-state index in [1.165, 1.54) is 19.3 Å². The molecule has 0 saturated heterocycles. The highest BCUT2D eigenvalue weighted by molar-refractivity contribution is 5.26. The fraction of sp³-hybridized carbons (Fsp3) is 0.600. The Morgan fingerprint density at radius 2 is 2.00 bits per heavy atom. The molecule has 0 N–H and O–H groups in total. The highest BCUT2D eigenvalue weighted by Crippen LogP contribution is 2.45. The van der Waals surface area contributed by atoms with Crippen LogP contribution in [0.4, 0.5) is 0 Å². The van der Waals surface area contributed by atoms with Gasteiger partial charge in [0.25, 0.3) is 0 Å². The van der Waals surface area contributed by atoms with Crippen LogP contribution in [0.2, 0.25) is 0 Å². The van der Waals surface area contributed by atoms with Crippen molar-refractivity contribution in [3.63, 3.8) is 0 Å². The number of hydrogen-bond acceptors (Lipinski definition) is 0. The van der Waals surface area contributed by atoms with Gasteiger partial charge in [-0.25, -0.2) is 0 Å². The molecule has 0 aromatic carbocycles. The highest BCUT2D eigenvalue weighted by Gasteiger charge is 2.33. The fourth-order valence-electron chi connectivity index (χ4n) is 2.22. The molecular formula is C10H14. The molecule has 0 heteroatoms. The van der Waals surface area contributed by atoms with E-state index in [9.17, 15) is 0 Å². The van der Waals surface area contributed by atoms with Gasteiger partial charge in [0.2, 0.25) is 0 Å². The molecule has 0 aliphatic heterocycles. The molecule has 2 rings (SSSR count). The summed E-state index contributed by atoms with van der Waals surface area (Å²) in [5, 5.41) is 0. The van der Waals surface area contributed by atoms with E-state index in [0.29, 0.717) is 5.41 Å². The molecule has 2 aliphatic carbocycles. The largest absolute Gasteiger partial charge is 0.0745 e. The zero-order valence-electron chi connectivity index (χ0n) is 6.51. The van der Waals surface area contributed by atoms with Gasteiger partial charge in [-0.2, -0.15) is 0 Å². The average molecular weight is 134 g/mol. The molecule has 1 spiro atoms. The van der Waals surface area contributed by atoms with E-state index in [2.05, 4.69) is 31.2 Å². The Labute approximate surface area is 62.6 Å². The first-order chi connectivity index (χ1) is 4.81. The van der Waals surface area contributed by atoms with Crippen molar-refractivity contribution >= 4 is 0 Å². The fourth-order valence-corrected chi connectivity index (χ4v) is 2.22. The summed E-state index contributed by atoms with van der Waals surface area (Å²) in [6.45, 7) is 2.36. The first-order valence-corrected chi connectivity index (χ1v) is 4.18. The van der Waals surface area contributed by atoms with Gasteiger partial charge >= 0.3 is 0 Å². The lowest BCUT2D eigenvalue weighted by atomic mass is 9.88. The van der Waals surface area contributed by atoms with Crippen molar-refractivity contribution in [1.29, 1.82) is 0 Å². The third kappa shape index (κ3) is 0.828. The van der Waals surface area contributed by atoms with Crippen molar-refractivity contribution in [3.8, 4) is 0 Å². The van der Waals surface area contributed by atoms with Gasteiger partial charge in [0, 0.05) is 5.41 Å². The van der Waals surface area contributed by atoms with Crippen LogP contribution >= 0.6 is 0 Å². The van der Waals surface area contributed by atoms with Gasteiger partial charge < -0.3 is 0 Å². The van der Waals surface area contributed by atoms with E-state index >= 15 is 0 Å². The second kappa shape index (κ2) is 1.98. The van der Waals surface area contributed by atoms with Gasteiger partial charge in [0.05, 0.1) is 0 Å². The molecule has 0 aromatic rings. The van der Waals surface area contributed by atoms with Crippen LogP contribution < -0.4 is 0 Å². The van der Waals surface area contributed by atoms with Gasteiger partial charge in [0.15, 0.2) is 0 Å².